The zero-order valence-corrected chi connectivity index (χ0v) is 9.71. The Morgan fingerprint density at radius 2 is 2.06 bits per heavy atom. The minimum Gasteiger partial charge on any atom is -0.429 e. The second-order valence-corrected chi connectivity index (χ2v) is 3.17. The molecule has 0 N–H and O–H groups in total. The number of aryl methyl sites for hydroxylation is 1. The van der Waals surface area contributed by atoms with Crippen molar-refractivity contribution < 1.29 is 4.74 Å². The van der Waals surface area contributed by atoms with Crippen molar-refractivity contribution in [2.45, 2.75) is 20.8 Å². The molecule has 0 atom stereocenters. The number of allylic oxidation sites excluding steroid dienone is 3. The van der Waals surface area contributed by atoms with Crippen molar-refractivity contribution in [3.05, 3.63) is 42.1 Å². The van der Waals surface area contributed by atoms with Crippen molar-refractivity contribution in [1.82, 2.24) is 9.97 Å². The normalized spacial score (nSPS) is 12.6. The number of hydrogen-bond acceptors (Lipinski definition) is 4. The van der Waals surface area contributed by atoms with Crippen molar-refractivity contribution in [2.24, 2.45) is 4.99 Å². The van der Waals surface area contributed by atoms with Gasteiger partial charge in [0, 0.05) is 24.8 Å². The molecule has 4 heteroatoms. The van der Waals surface area contributed by atoms with Crippen LogP contribution in [0.4, 0.5) is 0 Å². The predicted molar refractivity (Wildman–Crippen MR) is 64.5 cm³/mol. The third-order valence-electron chi connectivity index (χ3n) is 1.66. The average Bonchev–Trinajstić information content (AvgIpc) is 2.28. The Morgan fingerprint density at radius 3 is 2.69 bits per heavy atom. The molecule has 0 bridgehead atoms. The van der Waals surface area contributed by atoms with Gasteiger partial charge < -0.3 is 4.74 Å². The van der Waals surface area contributed by atoms with E-state index in [0.29, 0.717) is 11.8 Å². The van der Waals surface area contributed by atoms with E-state index in [0.717, 1.165) is 5.56 Å². The molecule has 0 aliphatic heterocycles. The molecule has 0 spiro atoms. The van der Waals surface area contributed by atoms with Crippen molar-refractivity contribution in [2.75, 3.05) is 0 Å². The third-order valence-corrected chi connectivity index (χ3v) is 1.66. The van der Waals surface area contributed by atoms with Gasteiger partial charge in [-0.25, -0.2) is 9.97 Å². The Kier molecular flexibility index (Phi) is 4.92. The quantitative estimate of drug-likeness (QED) is 0.442. The molecule has 0 unspecified atom stereocenters. The lowest BCUT2D eigenvalue weighted by Crippen LogP contribution is -1.95. The number of ether oxygens (including phenoxy) is 1. The number of nitrogens with zero attached hydrogens (tertiary/aromatic N) is 3. The Balaban J connectivity index is 2.56. The van der Waals surface area contributed by atoms with Gasteiger partial charge in [-0.3, -0.25) is 4.99 Å². The standard InChI is InChI=1S/C12H15N3O/c1-4-13-7-5-6-11(3)16-12-14-8-10(2)9-15-12/h4-9H,1-3H3/b7-5-,11-6+,13-4?. The molecule has 1 heterocycles. The summed E-state index contributed by atoms with van der Waals surface area (Å²) in [6, 6.07) is 0.353. The topological polar surface area (TPSA) is 47.4 Å². The molecular formula is C12H15N3O. The maximum absolute atomic E-state index is 5.39. The molecule has 1 aromatic heterocycles. The maximum Gasteiger partial charge on any atom is 0.321 e. The largest absolute Gasteiger partial charge is 0.429 e. The molecule has 0 aliphatic carbocycles. The van der Waals surface area contributed by atoms with Crippen LogP contribution in [0.1, 0.15) is 19.4 Å². The highest BCUT2D eigenvalue weighted by atomic mass is 16.5. The van der Waals surface area contributed by atoms with Gasteiger partial charge in [0.1, 0.15) is 5.76 Å². The van der Waals surface area contributed by atoms with Gasteiger partial charge in [0.05, 0.1) is 0 Å². The molecule has 0 saturated carbocycles. The summed E-state index contributed by atoms with van der Waals surface area (Å²) < 4.78 is 5.39. The Bertz CT molecular complexity index is 405. The number of rotatable bonds is 4. The first-order chi connectivity index (χ1) is 7.72. The summed E-state index contributed by atoms with van der Waals surface area (Å²) in [5.74, 6) is 0.714. The number of aromatic nitrogens is 2. The van der Waals surface area contributed by atoms with E-state index in [-0.39, 0.29) is 0 Å². The first-order valence-corrected chi connectivity index (χ1v) is 5.00. The molecule has 0 fully saturated rings. The summed E-state index contributed by atoms with van der Waals surface area (Å²) in [5.41, 5.74) is 1.01. The van der Waals surface area contributed by atoms with E-state index in [1.807, 2.05) is 20.8 Å². The molecule has 0 saturated heterocycles. The lowest BCUT2D eigenvalue weighted by atomic mass is 10.4. The van der Waals surface area contributed by atoms with E-state index in [1.165, 1.54) is 0 Å². The number of aliphatic imine (C=N–C) groups is 1. The minimum absolute atomic E-state index is 0.353. The molecule has 1 rings (SSSR count). The van der Waals surface area contributed by atoms with Crippen LogP contribution in [0.5, 0.6) is 6.01 Å². The van der Waals surface area contributed by atoms with Crippen LogP contribution >= 0.6 is 0 Å². The van der Waals surface area contributed by atoms with Gasteiger partial charge >= 0.3 is 6.01 Å². The lowest BCUT2D eigenvalue weighted by Gasteiger charge is -2.02. The fraction of sp³-hybridized carbons (Fsp3) is 0.250. The Morgan fingerprint density at radius 1 is 1.38 bits per heavy atom. The third kappa shape index (κ3) is 4.50. The van der Waals surface area contributed by atoms with Crippen LogP contribution in [-0.4, -0.2) is 16.2 Å². The van der Waals surface area contributed by atoms with E-state index >= 15 is 0 Å². The van der Waals surface area contributed by atoms with E-state index in [4.69, 9.17) is 4.74 Å². The first-order valence-electron chi connectivity index (χ1n) is 5.00. The van der Waals surface area contributed by atoms with E-state index in [1.54, 1.807) is 37.0 Å². The van der Waals surface area contributed by atoms with E-state index in [2.05, 4.69) is 15.0 Å². The summed E-state index contributed by atoms with van der Waals surface area (Å²) in [7, 11) is 0. The van der Waals surface area contributed by atoms with Crippen LogP contribution in [0.2, 0.25) is 0 Å². The highest BCUT2D eigenvalue weighted by molar-refractivity contribution is 5.54. The Hall–Kier alpha value is -1.97. The molecule has 16 heavy (non-hydrogen) atoms. The average molecular weight is 217 g/mol. The van der Waals surface area contributed by atoms with Crippen molar-refractivity contribution in [1.29, 1.82) is 0 Å². The van der Waals surface area contributed by atoms with Gasteiger partial charge in [-0.1, -0.05) is 0 Å². The SMILES string of the molecule is CC=N/C=C\C=C(/C)Oc1ncc(C)cn1. The fourth-order valence-corrected chi connectivity index (χ4v) is 0.926. The zero-order chi connectivity index (χ0) is 11.8. The molecular weight excluding hydrogens is 202 g/mol. The summed E-state index contributed by atoms with van der Waals surface area (Å²) in [5, 5.41) is 0. The number of hydrogen-bond donors (Lipinski definition) is 0. The van der Waals surface area contributed by atoms with Gasteiger partial charge in [0.25, 0.3) is 0 Å². The molecule has 84 valence electrons. The predicted octanol–water partition coefficient (Wildman–Crippen LogP) is 2.67. The zero-order valence-electron chi connectivity index (χ0n) is 9.71. The molecule has 0 aliphatic rings. The van der Waals surface area contributed by atoms with E-state index in [9.17, 15) is 0 Å². The molecule has 1 aromatic rings. The monoisotopic (exact) mass is 217 g/mol. The second-order valence-electron chi connectivity index (χ2n) is 3.17. The smallest absolute Gasteiger partial charge is 0.321 e. The fourth-order valence-electron chi connectivity index (χ4n) is 0.926. The van der Waals surface area contributed by atoms with Gasteiger partial charge in [0.2, 0.25) is 0 Å². The maximum atomic E-state index is 5.39. The highest BCUT2D eigenvalue weighted by Gasteiger charge is 1.96. The summed E-state index contributed by atoms with van der Waals surface area (Å²) >= 11 is 0. The Labute approximate surface area is 95.4 Å². The highest BCUT2D eigenvalue weighted by Crippen LogP contribution is 2.06. The minimum atomic E-state index is 0.353. The van der Waals surface area contributed by atoms with E-state index < -0.39 is 0 Å². The van der Waals surface area contributed by atoms with Crippen molar-refractivity contribution >= 4 is 6.21 Å². The molecule has 0 aromatic carbocycles. The molecule has 0 amide bonds. The second kappa shape index (κ2) is 6.50. The first kappa shape index (κ1) is 12.1. The van der Waals surface area contributed by atoms with Crippen LogP contribution in [0.3, 0.4) is 0 Å². The van der Waals surface area contributed by atoms with Crippen LogP contribution in [-0.2, 0) is 0 Å². The lowest BCUT2D eigenvalue weighted by molar-refractivity contribution is 0.392. The van der Waals surface area contributed by atoms with Gasteiger partial charge in [0.15, 0.2) is 0 Å². The summed E-state index contributed by atoms with van der Waals surface area (Å²) in [6.07, 6.45) is 10.4. The summed E-state index contributed by atoms with van der Waals surface area (Å²) in [6.45, 7) is 5.62. The van der Waals surface area contributed by atoms with Gasteiger partial charge in [-0.2, -0.15) is 0 Å². The molecule has 0 radical (unpaired) electrons. The van der Waals surface area contributed by atoms with Crippen molar-refractivity contribution in [3.8, 4) is 6.01 Å². The summed E-state index contributed by atoms with van der Waals surface area (Å²) in [4.78, 5) is 12.0. The van der Waals surface area contributed by atoms with Crippen LogP contribution < -0.4 is 4.74 Å². The van der Waals surface area contributed by atoms with Crippen LogP contribution in [0.15, 0.2) is 41.5 Å². The van der Waals surface area contributed by atoms with Gasteiger partial charge in [-0.05, 0) is 38.5 Å². The van der Waals surface area contributed by atoms with Crippen molar-refractivity contribution in [3.63, 3.8) is 0 Å². The molecule has 4 nitrogen and oxygen atoms in total. The van der Waals surface area contributed by atoms with Crippen LogP contribution in [0, 0.1) is 6.92 Å². The van der Waals surface area contributed by atoms with Crippen LogP contribution in [0.25, 0.3) is 0 Å². The van der Waals surface area contributed by atoms with Gasteiger partial charge in [-0.15, -0.1) is 0 Å².